The Kier molecular flexibility index (Phi) is 5.81. The van der Waals surface area contributed by atoms with Gasteiger partial charge in [0.05, 0.1) is 16.8 Å². The van der Waals surface area contributed by atoms with Gasteiger partial charge in [0.2, 0.25) is 5.91 Å². The van der Waals surface area contributed by atoms with Crippen LogP contribution in [0.5, 0.6) is 0 Å². The molecule has 1 aliphatic heterocycles. The summed E-state index contributed by atoms with van der Waals surface area (Å²) in [5.41, 5.74) is 7.14. The number of halogens is 1. The zero-order chi connectivity index (χ0) is 21.3. The average Bonchev–Trinajstić information content (AvgIpc) is 3.25. The molecule has 1 aromatic carbocycles. The lowest BCUT2D eigenvalue weighted by Gasteiger charge is -2.34. The third-order valence-corrected chi connectivity index (χ3v) is 6.60. The molecule has 0 saturated carbocycles. The van der Waals surface area contributed by atoms with Gasteiger partial charge in [0.25, 0.3) is 5.91 Å². The molecule has 0 aliphatic carbocycles. The maximum atomic E-state index is 13.6. The summed E-state index contributed by atoms with van der Waals surface area (Å²) in [6.07, 6.45) is 2.39. The number of hydrogen-bond donors (Lipinski definition) is 1. The van der Waals surface area contributed by atoms with Crippen molar-refractivity contribution in [1.82, 2.24) is 9.88 Å². The molecule has 0 spiro atoms. The summed E-state index contributed by atoms with van der Waals surface area (Å²) >= 11 is 1.66. The molecule has 0 bridgehead atoms. The number of nitrogens with two attached hydrogens (primary N) is 1. The number of carbonyl (C=O) groups excluding carboxylic acids is 2. The highest BCUT2D eigenvalue weighted by Gasteiger charge is 2.30. The number of amides is 2. The fourth-order valence-electron chi connectivity index (χ4n) is 4.20. The molecular weight excluding hydrogens is 401 g/mol. The number of aromatic nitrogens is 1. The second-order valence-corrected chi connectivity index (χ2v) is 8.96. The van der Waals surface area contributed by atoms with E-state index in [0.29, 0.717) is 35.2 Å². The van der Waals surface area contributed by atoms with Gasteiger partial charge in [-0.1, -0.05) is 13.0 Å². The number of likely N-dealkylation sites (tertiary alicyclic amines) is 1. The van der Waals surface area contributed by atoms with Crippen LogP contribution in [0.4, 0.5) is 4.39 Å². The van der Waals surface area contributed by atoms with Crippen molar-refractivity contribution in [1.29, 1.82) is 0 Å². The fourth-order valence-corrected chi connectivity index (χ4v) is 5.04. The van der Waals surface area contributed by atoms with Gasteiger partial charge in [-0.15, -0.1) is 11.3 Å². The molecule has 1 saturated heterocycles. The Morgan fingerprint density at radius 3 is 2.90 bits per heavy atom. The molecule has 2 atom stereocenters. The third-order valence-electron chi connectivity index (χ3n) is 5.70. The van der Waals surface area contributed by atoms with Crippen molar-refractivity contribution in [2.45, 2.75) is 32.1 Å². The van der Waals surface area contributed by atoms with Crippen molar-refractivity contribution in [3.63, 3.8) is 0 Å². The number of primary amides is 1. The standard InChI is InChI=1S/C23H24FN3O2S/c1-14(10-18-5-3-9-30-18)23(29)27-8-2-4-15(13-27)21-19(22(25)28)12-16-11-17(24)6-7-20(16)26-21/h3,5-7,9,11-12,14-15H,2,4,8,10,13H2,1H3,(H2,25,28)/t14-,15+/m1/s1. The predicted octanol–water partition coefficient (Wildman–Crippen LogP) is 4.12. The number of carbonyl (C=O) groups is 2. The zero-order valence-corrected chi connectivity index (χ0v) is 17.6. The Morgan fingerprint density at radius 1 is 1.33 bits per heavy atom. The maximum Gasteiger partial charge on any atom is 0.250 e. The smallest absolute Gasteiger partial charge is 0.250 e. The van der Waals surface area contributed by atoms with Crippen LogP contribution in [0.25, 0.3) is 10.9 Å². The highest BCUT2D eigenvalue weighted by atomic mass is 32.1. The molecule has 0 radical (unpaired) electrons. The van der Waals surface area contributed by atoms with E-state index in [1.54, 1.807) is 23.5 Å². The monoisotopic (exact) mass is 425 g/mol. The minimum Gasteiger partial charge on any atom is -0.366 e. The summed E-state index contributed by atoms with van der Waals surface area (Å²) in [5, 5.41) is 2.56. The number of rotatable bonds is 5. The number of thiophene rings is 1. The maximum absolute atomic E-state index is 13.6. The number of benzene rings is 1. The summed E-state index contributed by atoms with van der Waals surface area (Å²) in [6.45, 7) is 3.17. The molecule has 1 fully saturated rings. The summed E-state index contributed by atoms with van der Waals surface area (Å²) in [4.78, 5) is 32.9. The van der Waals surface area contributed by atoms with Crippen molar-refractivity contribution in [3.8, 4) is 0 Å². The molecule has 30 heavy (non-hydrogen) atoms. The molecule has 1 aliphatic rings. The first kappa shape index (κ1) is 20.5. The van der Waals surface area contributed by atoms with E-state index in [1.807, 2.05) is 23.3 Å². The molecule has 156 valence electrons. The normalized spacial score (nSPS) is 17.8. The molecule has 2 N–H and O–H groups in total. The Morgan fingerprint density at radius 2 is 2.17 bits per heavy atom. The van der Waals surface area contributed by atoms with Crippen LogP contribution in [0.2, 0.25) is 0 Å². The molecule has 3 heterocycles. The van der Waals surface area contributed by atoms with Crippen LogP contribution < -0.4 is 5.73 Å². The van der Waals surface area contributed by atoms with Gasteiger partial charge in [0, 0.05) is 35.2 Å². The molecule has 2 aromatic heterocycles. The number of pyridine rings is 1. The van der Waals surface area contributed by atoms with Gasteiger partial charge in [-0.05, 0) is 55.0 Å². The van der Waals surface area contributed by atoms with E-state index in [4.69, 9.17) is 5.73 Å². The Balaban J connectivity index is 1.58. The third kappa shape index (κ3) is 4.21. The van der Waals surface area contributed by atoms with E-state index in [2.05, 4.69) is 11.1 Å². The van der Waals surface area contributed by atoms with Crippen LogP contribution in [0, 0.1) is 11.7 Å². The first-order chi connectivity index (χ1) is 14.4. The molecule has 0 unspecified atom stereocenters. The van der Waals surface area contributed by atoms with Crippen LogP contribution >= 0.6 is 11.3 Å². The number of piperidine rings is 1. The van der Waals surface area contributed by atoms with Gasteiger partial charge in [0.1, 0.15) is 5.82 Å². The average molecular weight is 426 g/mol. The van der Waals surface area contributed by atoms with Crippen molar-refractivity contribution in [3.05, 3.63) is 63.7 Å². The van der Waals surface area contributed by atoms with E-state index < -0.39 is 5.91 Å². The summed E-state index contributed by atoms with van der Waals surface area (Å²) in [5.74, 6) is -1.03. The van der Waals surface area contributed by atoms with Gasteiger partial charge in [-0.25, -0.2) is 4.39 Å². The summed E-state index contributed by atoms with van der Waals surface area (Å²) < 4.78 is 13.6. The van der Waals surface area contributed by atoms with Crippen LogP contribution in [0.3, 0.4) is 0 Å². The van der Waals surface area contributed by atoms with Crippen molar-refractivity contribution < 1.29 is 14.0 Å². The number of nitrogens with zero attached hydrogens (tertiary/aromatic N) is 2. The highest BCUT2D eigenvalue weighted by molar-refractivity contribution is 7.09. The lowest BCUT2D eigenvalue weighted by atomic mass is 9.89. The molecule has 3 aromatic rings. The lowest BCUT2D eigenvalue weighted by molar-refractivity contribution is -0.136. The number of fused-ring (bicyclic) bond motifs is 1. The topological polar surface area (TPSA) is 76.3 Å². The molecule has 5 nitrogen and oxygen atoms in total. The van der Waals surface area contributed by atoms with Crippen LogP contribution in [0.1, 0.15) is 46.6 Å². The lowest BCUT2D eigenvalue weighted by Crippen LogP contribution is -2.42. The summed E-state index contributed by atoms with van der Waals surface area (Å²) in [6, 6.07) is 9.97. The molecular formula is C23H24FN3O2S. The van der Waals surface area contributed by atoms with Crippen molar-refractivity contribution in [2.75, 3.05) is 13.1 Å². The molecule has 4 rings (SSSR count). The van der Waals surface area contributed by atoms with E-state index in [-0.39, 0.29) is 23.6 Å². The van der Waals surface area contributed by atoms with Gasteiger partial charge in [0.15, 0.2) is 0 Å². The van der Waals surface area contributed by atoms with E-state index >= 15 is 0 Å². The Bertz CT molecular complexity index is 1080. The van der Waals surface area contributed by atoms with Gasteiger partial charge in [-0.2, -0.15) is 0 Å². The second-order valence-electron chi connectivity index (χ2n) is 7.93. The van der Waals surface area contributed by atoms with Gasteiger partial charge < -0.3 is 10.6 Å². The highest BCUT2D eigenvalue weighted by Crippen LogP contribution is 2.31. The molecule has 2 amide bonds. The largest absolute Gasteiger partial charge is 0.366 e. The molecule has 7 heteroatoms. The minimum absolute atomic E-state index is 0.0754. The second kappa shape index (κ2) is 8.52. The van der Waals surface area contributed by atoms with Crippen molar-refractivity contribution >= 4 is 34.1 Å². The quantitative estimate of drug-likeness (QED) is 0.668. The van der Waals surface area contributed by atoms with Gasteiger partial charge in [-0.3, -0.25) is 14.6 Å². The first-order valence-corrected chi connectivity index (χ1v) is 11.0. The Labute approximate surface area is 178 Å². The van der Waals surface area contributed by atoms with Crippen LogP contribution in [-0.4, -0.2) is 34.8 Å². The first-order valence-electron chi connectivity index (χ1n) is 10.1. The van der Waals surface area contributed by atoms with Crippen LogP contribution in [0.15, 0.2) is 41.8 Å². The van der Waals surface area contributed by atoms with Crippen molar-refractivity contribution in [2.24, 2.45) is 11.7 Å². The summed E-state index contributed by atoms with van der Waals surface area (Å²) in [7, 11) is 0. The number of hydrogen-bond acceptors (Lipinski definition) is 4. The SMILES string of the molecule is C[C@H](Cc1cccs1)C(=O)N1CCC[C@H](c2nc3ccc(F)cc3cc2C(N)=O)C1. The van der Waals surface area contributed by atoms with E-state index in [0.717, 1.165) is 19.3 Å². The predicted molar refractivity (Wildman–Crippen MR) is 116 cm³/mol. The van der Waals surface area contributed by atoms with E-state index in [1.165, 1.54) is 17.0 Å². The zero-order valence-electron chi connectivity index (χ0n) is 16.8. The van der Waals surface area contributed by atoms with Gasteiger partial charge >= 0.3 is 0 Å². The van der Waals surface area contributed by atoms with Crippen LogP contribution in [-0.2, 0) is 11.2 Å². The minimum atomic E-state index is -0.585. The van der Waals surface area contributed by atoms with E-state index in [9.17, 15) is 14.0 Å². The Hall–Kier alpha value is -2.80. The fraction of sp³-hybridized carbons (Fsp3) is 0.348.